The second-order valence-corrected chi connectivity index (χ2v) is 5.80. The van der Waals surface area contributed by atoms with Gasteiger partial charge in [0.25, 0.3) is 0 Å². The van der Waals surface area contributed by atoms with Gasteiger partial charge < -0.3 is 10.0 Å². The highest BCUT2D eigenvalue weighted by Crippen LogP contribution is 2.32. The molecule has 1 aromatic heterocycles. The number of anilines is 1. The van der Waals surface area contributed by atoms with Crippen LogP contribution in [0.15, 0.2) is 36.5 Å². The van der Waals surface area contributed by atoms with E-state index in [1.165, 1.54) is 5.56 Å². The number of aliphatic hydroxyl groups is 1. The van der Waals surface area contributed by atoms with E-state index in [2.05, 4.69) is 36.2 Å². The van der Waals surface area contributed by atoms with Crippen molar-refractivity contribution in [1.29, 1.82) is 0 Å². The largest absolute Gasteiger partial charge is 0.391 e. The lowest BCUT2D eigenvalue weighted by Gasteiger charge is -2.20. The van der Waals surface area contributed by atoms with E-state index < -0.39 is 6.10 Å². The molecule has 1 atom stereocenters. The second kappa shape index (κ2) is 5.89. The minimum absolute atomic E-state index is 0.0102. The first kappa shape index (κ1) is 14.7. The van der Waals surface area contributed by atoms with Crippen molar-refractivity contribution in [3.05, 3.63) is 47.8 Å². The molecule has 4 nitrogen and oxygen atoms in total. The number of aliphatic hydroxyl groups excluding tert-OH is 1. The molecule has 0 saturated heterocycles. The molecular formula is C18H20N2O2. The number of carbonyl (C=O) groups excluding carboxylic acids is 1. The summed E-state index contributed by atoms with van der Waals surface area (Å²) in [6, 6.07) is 10.2. The quantitative estimate of drug-likeness (QED) is 0.944. The molecule has 0 bridgehead atoms. The van der Waals surface area contributed by atoms with Crippen molar-refractivity contribution in [3.8, 4) is 11.1 Å². The van der Waals surface area contributed by atoms with Gasteiger partial charge in [-0.3, -0.25) is 9.78 Å². The zero-order valence-corrected chi connectivity index (χ0v) is 12.9. The maximum absolute atomic E-state index is 12.1. The van der Waals surface area contributed by atoms with E-state index in [0.29, 0.717) is 19.4 Å². The number of nitrogens with zero attached hydrogens (tertiary/aromatic N) is 2. The lowest BCUT2D eigenvalue weighted by molar-refractivity contribution is -0.117. The fourth-order valence-corrected chi connectivity index (χ4v) is 2.67. The standard InChI is InChI=1S/C18H20N2O2/c1-3-15(21)11-20-17-8-14(10-19-16(17)9-18(20)22)13-6-4-12(2)5-7-13/h4-8,10,15,21H,3,9,11H2,1-2H3/t15-/m1/s1. The predicted molar refractivity (Wildman–Crippen MR) is 86.8 cm³/mol. The van der Waals surface area contributed by atoms with Gasteiger partial charge in [-0.1, -0.05) is 36.8 Å². The van der Waals surface area contributed by atoms with Crippen LogP contribution in [0.3, 0.4) is 0 Å². The molecule has 1 N–H and O–H groups in total. The Morgan fingerprint density at radius 2 is 2.00 bits per heavy atom. The number of fused-ring (bicyclic) bond motifs is 1. The van der Waals surface area contributed by atoms with E-state index in [-0.39, 0.29) is 5.91 Å². The van der Waals surface area contributed by atoms with Crippen LogP contribution >= 0.6 is 0 Å². The molecule has 0 fully saturated rings. The average Bonchev–Trinajstić information content (AvgIpc) is 2.83. The summed E-state index contributed by atoms with van der Waals surface area (Å²) < 4.78 is 0. The summed E-state index contributed by atoms with van der Waals surface area (Å²) in [4.78, 5) is 18.3. The van der Waals surface area contributed by atoms with Crippen molar-refractivity contribution in [2.45, 2.75) is 32.8 Å². The Morgan fingerprint density at radius 3 is 2.68 bits per heavy atom. The van der Waals surface area contributed by atoms with E-state index in [1.54, 1.807) is 4.90 Å². The number of pyridine rings is 1. The van der Waals surface area contributed by atoms with Gasteiger partial charge in [-0.05, 0) is 25.0 Å². The first-order valence-corrected chi connectivity index (χ1v) is 7.63. The van der Waals surface area contributed by atoms with Crippen LogP contribution in [-0.4, -0.2) is 28.6 Å². The molecule has 1 aromatic carbocycles. The molecule has 0 aliphatic carbocycles. The van der Waals surface area contributed by atoms with E-state index >= 15 is 0 Å². The number of aromatic nitrogens is 1. The third kappa shape index (κ3) is 2.74. The van der Waals surface area contributed by atoms with Crippen LogP contribution in [-0.2, 0) is 11.2 Å². The molecule has 114 valence electrons. The van der Waals surface area contributed by atoms with Gasteiger partial charge in [0.05, 0.1) is 30.5 Å². The highest BCUT2D eigenvalue weighted by Gasteiger charge is 2.29. The van der Waals surface area contributed by atoms with Crippen LogP contribution in [0.5, 0.6) is 0 Å². The van der Waals surface area contributed by atoms with Crippen LogP contribution in [0, 0.1) is 6.92 Å². The van der Waals surface area contributed by atoms with Crippen LogP contribution in [0.25, 0.3) is 11.1 Å². The van der Waals surface area contributed by atoms with Crippen LogP contribution in [0.2, 0.25) is 0 Å². The summed E-state index contributed by atoms with van der Waals surface area (Å²) in [5.74, 6) is 0.0102. The number of β-amino-alcohol motifs (C(OH)–C–C–N with tert-alkyl or cyclic N) is 1. The Bertz CT molecular complexity index is 695. The minimum Gasteiger partial charge on any atom is -0.391 e. The molecule has 1 aliphatic heterocycles. The number of benzene rings is 1. The maximum atomic E-state index is 12.1. The highest BCUT2D eigenvalue weighted by molar-refractivity contribution is 6.01. The van der Waals surface area contributed by atoms with E-state index in [0.717, 1.165) is 22.5 Å². The van der Waals surface area contributed by atoms with Crippen molar-refractivity contribution in [2.24, 2.45) is 0 Å². The Balaban J connectivity index is 1.95. The normalized spacial score (nSPS) is 15.0. The van der Waals surface area contributed by atoms with Crippen molar-refractivity contribution in [1.82, 2.24) is 4.98 Å². The van der Waals surface area contributed by atoms with Crippen LogP contribution in [0.4, 0.5) is 5.69 Å². The molecule has 2 heterocycles. The third-order valence-electron chi connectivity index (χ3n) is 4.11. The molecule has 22 heavy (non-hydrogen) atoms. The lowest BCUT2D eigenvalue weighted by atomic mass is 10.1. The maximum Gasteiger partial charge on any atom is 0.233 e. The fourth-order valence-electron chi connectivity index (χ4n) is 2.67. The number of hydrogen-bond acceptors (Lipinski definition) is 3. The fraction of sp³-hybridized carbons (Fsp3) is 0.333. The highest BCUT2D eigenvalue weighted by atomic mass is 16.3. The smallest absolute Gasteiger partial charge is 0.233 e. The van der Waals surface area contributed by atoms with Crippen molar-refractivity contribution < 1.29 is 9.90 Å². The number of hydrogen-bond donors (Lipinski definition) is 1. The number of rotatable bonds is 4. The molecule has 0 radical (unpaired) electrons. The third-order valence-corrected chi connectivity index (χ3v) is 4.11. The van der Waals surface area contributed by atoms with E-state index in [1.807, 2.05) is 19.2 Å². The average molecular weight is 296 g/mol. The lowest BCUT2D eigenvalue weighted by Crippen LogP contribution is -2.34. The second-order valence-electron chi connectivity index (χ2n) is 5.80. The minimum atomic E-state index is -0.502. The SMILES string of the molecule is CC[C@@H](O)CN1C(=O)Cc2ncc(-c3ccc(C)cc3)cc21. The van der Waals surface area contributed by atoms with Gasteiger partial charge in [0.1, 0.15) is 0 Å². The summed E-state index contributed by atoms with van der Waals surface area (Å²) in [6.07, 6.45) is 2.26. The van der Waals surface area contributed by atoms with Crippen molar-refractivity contribution in [2.75, 3.05) is 11.4 Å². The topological polar surface area (TPSA) is 53.4 Å². The summed E-state index contributed by atoms with van der Waals surface area (Å²) >= 11 is 0. The molecule has 1 amide bonds. The number of aryl methyl sites for hydroxylation is 1. The molecule has 0 spiro atoms. The first-order chi connectivity index (χ1) is 10.6. The van der Waals surface area contributed by atoms with Gasteiger partial charge in [0.15, 0.2) is 0 Å². The monoisotopic (exact) mass is 296 g/mol. The Kier molecular flexibility index (Phi) is 3.94. The number of carbonyl (C=O) groups is 1. The van der Waals surface area contributed by atoms with Gasteiger partial charge in [-0.25, -0.2) is 0 Å². The van der Waals surface area contributed by atoms with Gasteiger partial charge >= 0.3 is 0 Å². The van der Waals surface area contributed by atoms with Crippen LogP contribution in [0.1, 0.15) is 24.6 Å². The zero-order valence-electron chi connectivity index (χ0n) is 12.9. The van der Waals surface area contributed by atoms with E-state index in [9.17, 15) is 9.90 Å². The summed E-state index contributed by atoms with van der Waals surface area (Å²) in [5.41, 5.74) is 4.90. The molecular weight excluding hydrogens is 276 g/mol. The molecule has 4 heteroatoms. The predicted octanol–water partition coefficient (Wildman–Crippen LogP) is 2.72. The summed E-state index contributed by atoms with van der Waals surface area (Å²) in [5, 5.41) is 9.86. The van der Waals surface area contributed by atoms with Gasteiger partial charge in [-0.2, -0.15) is 0 Å². The number of amides is 1. The summed E-state index contributed by atoms with van der Waals surface area (Å²) in [7, 11) is 0. The van der Waals surface area contributed by atoms with Gasteiger partial charge in [0, 0.05) is 11.8 Å². The molecule has 3 rings (SSSR count). The van der Waals surface area contributed by atoms with Crippen molar-refractivity contribution in [3.63, 3.8) is 0 Å². The first-order valence-electron chi connectivity index (χ1n) is 7.63. The Hall–Kier alpha value is -2.20. The van der Waals surface area contributed by atoms with E-state index in [4.69, 9.17) is 0 Å². The van der Waals surface area contributed by atoms with Gasteiger partial charge in [-0.15, -0.1) is 0 Å². The van der Waals surface area contributed by atoms with Crippen LogP contribution < -0.4 is 4.90 Å². The molecule has 1 aliphatic rings. The van der Waals surface area contributed by atoms with Gasteiger partial charge in [0.2, 0.25) is 5.91 Å². The molecule has 2 aromatic rings. The Labute approximate surface area is 130 Å². The molecule has 0 unspecified atom stereocenters. The zero-order chi connectivity index (χ0) is 15.7. The van der Waals surface area contributed by atoms with Crippen molar-refractivity contribution >= 4 is 11.6 Å². The molecule has 0 saturated carbocycles. The summed E-state index contributed by atoms with van der Waals surface area (Å²) in [6.45, 7) is 4.30. The Morgan fingerprint density at radius 1 is 1.27 bits per heavy atom.